The van der Waals surface area contributed by atoms with Crippen molar-refractivity contribution in [3.8, 4) is 0 Å². The third-order valence-corrected chi connectivity index (χ3v) is 3.65. The van der Waals surface area contributed by atoms with Crippen molar-refractivity contribution in [1.82, 2.24) is 14.8 Å². The summed E-state index contributed by atoms with van der Waals surface area (Å²) in [5.74, 6) is 0.316. The van der Waals surface area contributed by atoms with Crippen LogP contribution in [0, 0.1) is 0 Å². The molecule has 2 aromatic heterocycles. The molecule has 0 fully saturated rings. The molecule has 0 spiro atoms. The number of alkyl halides is 3. The second kappa shape index (κ2) is 6.72. The lowest BCUT2D eigenvalue weighted by atomic mass is 10.2. The first kappa shape index (κ1) is 17.2. The first-order valence-corrected chi connectivity index (χ1v) is 7.53. The van der Waals surface area contributed by atoms with E-state index < -0.39 is 22.3 Å². The smallest absolute Gasteiger partial charge is 0.417 e. The van der Waals surface area contributed by atoms with Crippen LogP contribution in [0.1, 0.15) is 22.9 Å². The Morgan fingerprint density at radius 1 is 1.12 bits per heavy atom. The summed E-state index contributed by atoms with van der Waals surface area (Å²) in [5.41, 5.74) is -0.851. The Bertz CT molecular complexity index is 936. The van der Waals surface area contributed by atoms with Crippen molar-refractivity contribution in [3.05, 3.63) is 80.9 Å². The molecule has 1 aromatic carbocycles. The third-order valence-electron chi connectivity index (χ3n) is 3.38. The van der Waals surface area contributed by atoms with Crippen molar-refractivity contribution in [2.45, 2.75) is 19.1 Å². The van der Waals surface area contributed by atoms with Gasteiger partial charge in [-0.05, 0) is 11.6 Å². The van der Waals surface area contributed by atoms with Gasteiger partial charge in [0.05, 0.1) is 12.0 Å². The van der Waals surface area contributed by atoms with Gasteiger partial charge >= 0.3 is 6.18 Å². The Labute approximate surface area is 144 Å². The Morgan fingerprint density at radius 3 is 2.48 bits per heavy atom. The molecule has 25 heavy (non-hydrogen) atoms. The van der Waals surface area contributed by atoms with Crippen LogP contribution in [-0.4, -0.2) is 14.8 Å². The molecule has 0 atom stereocenters. The zero-order valence-electron chi connectivity index (χ0n) is 12.6. The number of halogens is 4. The van der Waals surface area contributed by atoms with Gasteiger partial charge in [-0.1, -0.05) is 41.9 Å². The van der Waals surface area contributed by atoms with Crippen molar-refractivity contribution in [1.29, 1.82) is 0 Å². The quantitative estimate of drug-likeness (QED) is 0.705. The second-order valence-corrected chi connectivity index (χ2v) is 5.67. The van der Waals surface area contributed by atoms with E-state index in [4.69, 9.17) is 16.0 Å². The van der Waals surface area contributed by atoms with Gasteiger partial charge in [0.15, 0.2) is 0 Å². The lowest BCUT2D eigenvalue weighted by Crippen LogP contribution is -2.23. The van der Waals surface area contributed by atoms with Crippen LogP contribution in [0.3, 0.4) is 0 Å². The molecule has 9 heteroatoms. The van der Waals surface area contributed by atoms with Crippen molar-refractivity contribution >= 4 is 11.6 Å². The van der Waals surface area contributed by atoms with Gasteiger partial charge in [0.1, 0.15) is 11.6 Å². The summed E-state index contributed by atoms with van der Waals surface area (Å²) in [4.78, 5) is 11.9. The zero-order chi connectivity index (χ0) is 18.0. The van der Waals surface area contributed by atoms with E-state index in [1.807, 2.05) is 30.3 Å². The molecule has 0 unspecified atom stereocenters. The SMILES string of the molecule is O=c1c(Cl)cc(C(F)(F)F)cn1Cc1nnc(Cc2ccccc2)o1. The fourth-order valence-corrected chi connectivity index (χ4v) is 2.44. The predicted molar refractivity (Wildman–Crippen MR) is 83.4 cm³/mol. The number of aromatic nitrogens is 3. The number of nitrogens with zero attached hydrogens (tertiary/aromatic N) is 3. The summed E-state index contributed by atoms with van der Waals surface area (Å²) >= 11 is 5.60. The molecule has 3 aromatic rings. The average Bonchev–Trinajstić information content (AvgIpc) is 2.98. The zero-order valence-corrected chi connectivity index (χ0v) is 13.4. The molecule has 130 valence electrons. The minimum Gasteiger partial charge on any atom is -0.423 e. The van der Waals surface area contributed by atoms with Crippen molar-refractivity contribution < 1.29 is 17.6 Å². The van der Waals surface area contributed by atoms with Gasteiger partial charge in [0, 0.05) is 6.20 Å². The number of pyridine rings is 1. The van der Waals surface area contributed by atoms with Crippen LogP contribution < -0.4 is 5.56 Å². The lowest BCUT2D eigenvalue weighted by Gasteiger charge is -2.10. The molecule has 0 aliphatic rings. The molecule has 0 amide bonds. The normalized spacial score (nSPS) is 11.7. The van der Waals surface area contributed by atoms with Crippen LogP contribution in [0.2, 0.25) is 5.02 Å². The first-order valence-electron chi connectivity index (χ1n) is 7.15. The number of hydrogen-bond acceptors (Lipinski definition) is 4. The van der Waals surface area contributed by atoms with Crippen molar-refractivity contribution in [3.63, 3.8) is 0 Å². The molecular weight excluding hydrogens is 359 g/mol. The van der Waals surface area contributed by atoms with Crippen LogP contribution in [0.5, 0.6) is 0 Å². The van der Waals surface area contributed by atoms with Gasteiger partial charge in [0.2, 0.25) is 11.8 Å². The highest BCUT2D eigenvalue weighted by molar-refractivity contribution is 6.30. The van der Waals surface area contributed by atoms with Gasteiger partial charge in [0.25, 0.3) is 5.56 Å². The molecular formula is C16H11ClF3N3O2. The first-order chi connectivity index (χ1) is 11.8. The highest BCUT2D eigenvalue weighted by Crippen LogP contribution is 2.29. The summed E-state index contributed by atoms with van der Waals surface area (Å²) in [7, 11) is 0. The van der Waals surface area contributed by atoms with Gasteiger partial charge < -0.3 is 8.98 Å². The van der Waals surface area contributed by atoms with Crippen LogP contribution in [0.15, 0.2) is 51.8 Å². The molecule has 3 rings (SSSR count). The Kier molecular flexibility index (Phi) is 4.63. The topological polar surface area (TPSA) is 60.9 Å². The third kappa shape index (κ3) is 4.08. The van der Waals surface area contributed by atoms with E-state index >= 15 is 0 Å². The van der Waals surface area contributed by atoms with E-state index in [-0.39, 0.29) is 12.4 Å². The maximum absolute atomic E-state index is 12.8. The highest BCUT2D eigenvalue weighted by atomic mass is 35.5. The van der Waals surface area contributed by atoms with E-state index in [2.05, 4.69) is 10.2 Å². The van der Waals surface area contributed by atoms with Crippen molar-refractivity contribution in [2.24, 2.45) is 0 Å². The molecule has 0 aliphatic carbocycles. The highest BCUT2D eigenvalue weighted by Gasteiger charge is 2.32. The summed E-state index contributed by atoms with van der Waals surface area (Å²) in [6.45, 7) is -0.301. The number of benzene rings is 1. The Morgan fingerprint density at radius 2 is 1.80 bits per heavy atom. The maximum Gasteiger partial charge on any atom is 0.417 e. The minimum absolute atomic E-state index is 0.0171. The van der Waals surface area contributed by atoms with Crippen molar-refractivity contribution in [2.75, 3.05) is 0 Å². The average molecular weight is 370 g/mol. The maximum atomic E-state index is 12.8. The standard InChI is InChI=1S/C16H11ClF3N3O2/c17-12-7-11(16(18,19)20)8-23(15(12)24)9-14-22-21-13(25-14)6-10-4-2-1-3-5-10/h1-5,7-8H,6,9H2. The molecule has 2 heterocycles. The summed E-state index contributed by atoms with van der Waals surface area (Å²) in [6, 6.07) is 9.93. The number of rotatable bonds is 4. The molecule has 0 radical (unpaired) electrons. The number of hydrogen-bond donors (Lipinski definition) is 0. The summed E-state index contributed by atoms with van der Waals surface area (Å²) in [5, 5.41) is 7.08. The van der Waals surface area contributed by atoms with Crippen LogP contribution in [0.4, 0.5) is 13.2 Å². The molecule has 0 saturated carbocycles. The van der Waals surface area contributed by atoms with Crippen LogP contribution >= 0.6 is 11.6 Å². The lowest BCUT2D eigenvalue weighted by molar-refractivity contribution is -0.138. The molecule has 0 saturated heterocycles. The van der Waals surface area contributed by atoms with E-state index in [0.717, 1.165) is 10.1 Å². The molecule has 5 nitrogen and oxygen atoms in total. The Balaban J connectivity index is 1.84. The molecule has 0 bridgehead atoms. The fourth-order valence-electron chi connectivity index (χ4n) is 2.21. The monoisotopic (exact) mass is 369 g/mol. The van der Waals surface area contributed by atoms with Gasteiger partial charge in [-0.2, -0.15) is 13.2 Å². The Hall–Kier alpha value is -2.61. The summed E-state index contributed by atoms with van der Waals surface area (Å²) < 4.78 is 44.7. The van der Waals surface area contributed by atoms with Gasteiger partial charge in [-0.3, -0.25) is 4.79 Å². The second-order valence-electron chi connectivity index (χ2n) is 5.26. The van der Waals surface area contributed by atoms with Gasteiger partial charge in [-0.25, -0.2) is 0 Å². The summed E-state index contributed by atoms with van der Waals surface area (Å²) in [6.07, 6.45) is -3.56. The van der Waals surface area contributed by atoms with E-state index in [1.54, 1.807) is 0 Å². The minimum atomic E-state index is -4.62. The van der Waals surface area contributed by atoms with Crippen LogP contribution in [-0.2, 0) is 19.1 Å². The van der Waals surface area contributed by atoms with E-state index in [0.29, 0.717) is 24.6 Å². The predicted octanol–water partition coefficient (Wildman–Crippen LogP) is 3.54. The molecule has 0 N–H and O–H groups in total. The fraction of sp³-hybridized carbons (Fsp3) is 0.188. The largest absolute Gasteiger partial charge is 0.423 e. The van der Waals surface area contributed by atoms with Gasteiger partial charge in [-0.15, -0.1) is 10.2 Å². The van der Waals surface area contributed by atoms with Crippen LogP contribution in [0.25, 0.3) is 0 Å². The van der Waals surface area contributed by atoms with E-state index in [1.165, 1.54) is 0 Å². The van der Waals surface area contributed by atoms with E-state index in [9.17, 15) is 18.0 Å². The molecule has 0 aliphatic heterocycles.